The molecule has 1 unspecified atom stereocenters. The quantitative estimate of drug-likeness (QED) is 0.770. The first-order valence-corrected chi connectivity index (χ1v) is 10.7. The third-order valence-corrected chi connectivity index (χ3v) is 7.02. The molecule has 2 fully saturated rings. The smallest absolute Gasteiger partial charge is 0.231 e. The van der Waals surface area contributed by atoms with Crippen LogP contribution in [0, 0.1) is 11.7 Å². The SMILES string of the molecule is O=S(=O)(CCC1CC1)N1CCCC(c2nc(-c3ccc(F)cc3)no2)C1. The lowest BCUT2D eigenvalue weighted by molar-refractivity contribution is 0.265. The van der Waals surface area contributed by atoms with Gasteiger partial charge < -0.3 is 4.52 Å². The number of halogens is 1. The molecule has 8 heteroatoms. The van der Waals surface area contributed by atoms with Crippen LogP contribution in [0.4, 0.5) is 4.39 Å². The predicted octanol–water partition coefficient (Wildman–Crippen LogP) is 3.19. The van der Waals surface area contributed by atoms with E-state index in [1.165, 1.54) is 12.1 Å². The van der Waals surface area contributed by atoms with Crippen LogP contribution in [0.3, 0.4) is 0 Å². The maximum Gasteiger partial charge on any atom is 0.231 e. The number of piperidine rings is 1. The molecule has 6 nitrogen and oxygen atoms in total. The van der Waals surface area contributed by atoms with E-state index in [0.717, 1.165) is 32.1 Å². The van der Waals surface area contributed by atoms with Crippen LogP contribution in [-0.4, -0.2) is 41.7 Å². The van der Waals surface area contributed by atoms with E-state index >= 15 is 0 Å². The predicted molar refractivity (Wildman–Crippen MR) is 94.4 cm³/mol. The van der Waals surface area contributed by atoms with Gasteiger partial charge in [0.2, 0.25) is 21.7 Å². The van der Waals surface area contributed by atoms with Gasteiger partial charge in [-0.1, -0.05) is 18.0 Å². The molecule has 0 spiro atoms. The molecule has 140 valence electrons. The van der Waals surface area contributed by atoms with E-state index in [0.29, 0.717) is 36.3 Å². The minimum absolute atomic E-state index is 0.0962. The molecule has 2 aliphatic rings. The molecule has 4 rings (SSSR count). The normalized spacial score (nSPS) is 21.8. The summed E-state index contributed by atoms with van der Waals surface area (Å²) in [4.78, 5) is 4.41. The Balaban J connectivity index is 1.45. The lowest BCUT2D eigenvalue weighted by Gasteiger charge is -2.30. The van der Waals surface area contributed by atoms with E-state index in [9.17, 15) is 12.8 Å². The number of aromatic nitrogens is 2. The number of sulfonamides is 1. The number of rotatable bonds is 6. The van der Waals surface area contributed by atoms with Crippen molar-refractivity contribution in [3.63, 3.8) is 0 Å². The molecule has 0 bridgehead atoms. The van der Waals surface area contributed by atoms with Crippen LogP contribution in [-0.2, 0) is 10.0 Å². The zero-order valence-electron chi connectivity index (χ0n) is 14.5. The highest BCUT2D eigenvalue weighted by molar-refractivity contribution is 7.89. The summed E-state index contributed by atoms with van der Waals surface area (Å²) in [6.45, 7) is 0.945. The van der Waals surface area contributed by atoms with Crippen LogP contribution in [0.2, 0.25) is 0 Å². The Morgan fingerprint density at radius 2 is 1.96 bits per heavy atom. The first kappa shape index (κ1) is 17.6. The van der Waals surface area contributed by atoms with Crippen molar-refractivity contribution in [2.75, 3.05) is 18.8 Å². The van der Waals surface area contributed by atoms with Gasteiger partial charge in [-0.15, -0.1) is 0 Å². The van der Waals surface area contributed by atoms with Crippen molar-refractivity contribution >= 4 is 10.0 Å². The molecule has 1 saturated heterocycles. The molecule has 2 aromatic rings. The standard InChI is InChI=1S/C18H22FN3O3S/c19-16-7-5-14(6-8-16)17-20-18(25-21-17)15-2-1-10-22(12-15)26(23,24)11-9-13-3-4-13/h5-8,13,15H,1-4,9-12H2. The molecule has 0 radical (unpaired) electrons. The lowest BCUT2D eigenvalue weighted by atomic mass is 10.00. The third kappa shape index (κ3) is 3.96. The Labute approximate surface area is 152 Å². The summed E-state index contributed by atoms with van der Waals surface area (Å²) >= 11 is 0. The maximum absolute atomic E-state index is 13.0. The highest BCUT2D eigenvalue weighted by Crippen LogP contribution is 2.34. The molecule has 1 atom stereocenters. The molecule has 1 saturated carbocycles. The number of hydrogen-bond acceptors (Lipinski definition) is 5. The fraction of sp³-hybridized carbons (Fsp3) is 0.556. The Hall–Kier alpha value is -1.80. The van der Waals surface area contributed by atoms with E-state index in [1.54, 1.807) is 16.4 Å². The molecule has 1 aliphatic carbocycles. The molecule has 0 amide bonds. The van der Waals surface area contributed by atoms with Gasteiger partial charge >= 0.3 is 0 Å². The van der Waals surface area contributed by atoms with Gasteiger partial charge in [-0.3, -0.25) is 0 Å². The number of nitrogens with zero attached hydrogens (tertiary/aromatic N) is 3. The maximum atomic E-state index is 13.0. The van der Waals surface area contributed by atoms with Gasteiger partial charge in [0.1, 0.15) is 5.82 Å². The summed E-state index contributed by atoms with van der Waals surface area (Å²) in [6.07, 6.45) is 4.68. The monoisotopic (exact) mass is 379 g/mol. The second-order valence-corrected chi connectivity index (χ2v) is 9.30. The summed E-state index contributed by atoms with van der Waals surface area (Å²) in [7, 11) is -3.23. The zero-order valence-corrected chi connectivity index (χ0v) is 15.3. The van der Waals surface area contributed by atoms with Crippen LogP contribution in [0.15, 0.2) is 28.8 Å². The minimum Gasteiger partial charge on any atom is -0.339 e. The van der Waals surface area contributed by atoms with E-state index in [2.05, 4.69) is 10.1 Å². The molecule has 2 heterocycles. The first-order chi connectivity index (χ1) is 12.5. The van der Waals surface area contributed by atoms with Crippen LogP contribution in [0.1, 0.15) is 43.9 Å². The van der Waals surface area contributed by atoms with E-state index in [1.807, 2.05) is 0 Å². The average molecular weight is 379 g/mol. The van der Waals surface area contributed by atoms with Crippen molar-refractivity contribution in [3.8, 4) is 11.4 Å². The molecule has 26 heavy (non-hydrogen) atoms. The van der Waals surface area contributed by atoms with Gasteiger partial charge in [0.15, 0.2) is 0 Å². The second-order valence-electron chi connectivity index (χ2n) is 7.21. The number of hydrogen-bond donors (Lipinski definition) is 0. The molecule has 1 aliphatic heterocycles. The largest absolute Gasteiger partial charge is 0.339 e. The molecule has 0 N–H and O–H groups in total. The zero-order chi connectivity index (χ0) is 18.1. The summed E-state index contributed by atoms with van der Waals surface area (Å²) in [5.74, 6) is 1.26. The Morgan fingerprint density at radius 1 is 1.19 bits per heavy atom. The topological polar surface area (TPSA) is 76.3 Å². The molecule has 1 aromatic heterocycles. The van der Waals surface area contributed by atoms with Gasteiger partial charge in [-0.2, -0.15) is 4.98 Å². The van der Waals surface area contributed by atoms with Gasteiger partial charge in [0.05, 0.1) is 11.7 Å². The van der Waals surface area contributed by atoms with Crippen molar-refractivity contribution in [2.45, 2.75) is 38.0 Å². The van der Waals surface area contributed by atoms with Crippen LogP contribution < -0.4 is 0 Å². The third-order valence-electron chi connectivity index (χ3n) is 5.15. The Kier molecular flexibility index (Phi) is 4.79. The van der Waals surface area contributed by atoms with Crippen LogP contribution in [0.25, 0.3) is 11.4 Å². The van der Waals surface area contributed by atoms with Crippen molar-refractivity contribution in [1.82, 2.24) is 14.4 Å². The van der Waals surface area contributed by atoms with Crippen LogP contribution >= 0.6 is 0 Å². The summed E-state index contributed by atoms with van der Waals surface area (Å²) in [6, 6.07) is 5.89. The fourth-order valence-electron chi connectivity index (χ4n) is 3.37. The molecular weight excluding hydrogens is 357 g/mol. The second kappa shape index (κ2) is 7.08. The fourth-order valence-corrected chi connectivity index (χ4v) is 5.07. The van der Waals surface area contributed by atoms with E-state index in [-0.39, 0.29) is 17.5 Å². The Bertz CT molecular complexity index is 862. The first-order valence-electron chi connectivity index (χ1n) is 9.08. The van der Waals surface area contributed by atoms with E-state index < -0.39 is 10.0 Å². The van der Waals surface area contributed by atoms with E-state index in [4.69, 9.17) is 4.52 Å². The highest BCUT2D eigenvalue weighted by atomic mass is 32.2. The van der Waals surface area contributed by atoms with Gasteiger partial charge in [0.25, 0.3) is 0 Å². The van der Waals surface area contributed by atoms with Gasteiger partial charge in [-0.05, 0) is 49.4 Å². The van der Waals surface area contributed by atoms with Gasteiger partial charge in [-0.25, -0.2) is 17.1 Å². The minimum atomic E-state index is -3.23. The van der Waals surface area contributed by atoms with Crippen molar-refractivity contribution in [3.05, 3.63) is 36.0 Å². The molecule has 1 aromatic carbocycles. The van der Waals surface area contributed by atoms with Crippen molar-refractivity contribution in [2.24, 2.45) is 5.92 Å². The van der Waals surface area contributed by atoms with Gasteiger partial charge in [0, 0.05) is 18.7 Å². The summed E-state index contributed by atoms with van der Waals surface area (Å²) < 4.78 is 45.2. The van der Waals surface area contributed by atoms with Crippen molar-refractivity contribution < 1.29 is 17.3 Å². The summed E-state index contributed by atoms with van der Waals surface area (Å²) in [5, 5.41) is 3.97. The lowest BCUT2D eigenvalue weighted by Crippen LogP contribution is -2.40. The van der Waals surface area contributed by atoms with Crippen LogP contribution in [0.5, 0.6) is 0 Å². The molecular formula is C18H22FN3O3S. The Morgan fingerprint density at radius 3 is 2.69 bits per heavy atom. The van der Waals surface area contributed by atoms with Crippen molar-refractivity contribution in [1.29, 1.82) is 0 Å². The highest BCUT2D eigenvalue weighted by Gasteiger charge is 2.33. The number of benzene rings is 1. The summed E-state index contributed by atoms with van der Waals surface area (Å²) in [5.41, 5.74) is 0.672. The average Bonchev–Trinajstić information content (AvgIpc) is 3.35.